The lowest BCUT2D eigenvalue weighted by Crippen LogP contribution is -2.43. The number of nitrogens with one attached hydrogen (secondary N) is 1. The number of carbonyl (C=O) groups is 2. The molecule has 0 atom stereocenters. The molecule has 6 heteroatoms. The second-order valence-electron chi connectivity index (χ2n) is 5.67. The van der Waals surface area contributed by atoms with Crippen molar-refractivity contribution in [3.8, 4) is 5.75 Å². The van der Waals surface area contributed by atoms with Crippen LogP contribution in [0.4, 0.5) is 11.4 Å². The van der Waals surface area contributed by atoms with Gasteiger partial charge in [0.15, 0.2) is 6.61 Å². The number of pyridine rings is 1. The molecule has 1 aromatic heterocycles. The van der Waals surface area contributed by atoms with E-state index in [1.165, 1.54) is 4.90 Å². The van der Waals surface area contributed by atoms with E-state index in [2.05, 4.69) is 10.3 Å². The lowest BCUT2D eigenvalue weighted by Gasteiger charge is -2.28. The van der Waals surface area contributed by atoms with Gasteiger partial charge < -0.3 is 10.1 Å². The first-order valence-corrected chi connectivity index (χ1v) is 7.88. The Hall–Kier alpha value is -3.41. The number of anilines is 2. The Bertz CT molecular complexity index is 966. The summed E-state index contributed by atoms with van der Waals surface area (Å²) in [6.07, 6.45) is 1.68. The number of amides is 2. The van der Waals surface area contributed by atoms with Crippen LogP contribution in [0, 0.1) is 0 Å². The molecule has 1 N–H and O–H groups in total. The molecule has 6 nitrogen and oxygen atoms in total. The minimum absolute atomic E-state index is 0.0693. The topological polar surface area (TPSA) is 71.5 Å². The smallest absolute Gasteiger partial charge is 0.265 e. The van der Waals surface area contributed by atoms with Crippen molar-refractivity contribution in [3.05, 3.63) is 60.8 Å². The van der Waals surface area contributed by atoms with Crippen molar-refractivity contribution in [1.82, 2.24) is 4.98 Å². The van der Waals surface area contributed by atoms with E-state index in [1.54, 1.807) is 30.5 Å². The molecular formula is C19H15N3O3. The fourth-order valence-corrected chi connectivity index (χ4v) is 2.87. The molecule has 2 aromatic carbocycles. The van der Waals surface area contributed by atoms with Gasteiger partial charge in [-0.1, -0.05) is 30.3 Å². The monoisotopic (exact) mass is 333 g/mol. The Morgan fingerprint density at radius 2 is 1.96 bits per heavy atom. The Morgan fingerprint density at radius 1 is 1.12 bits per heavy atom. The summed E-state index contributed by atoms with van der Waals surface area (Å²) in [5, 5.41) is 3.79. The number of rotatable bonds is 3. The van der Waals surface area contributed by atoms with Gasteiger partial charge in [0.1, 0.15) is 12.3 Å². The molecule has 0 unspecified atom stereocenters. The molecule has 25 heavy (non-hydrogen) atoms. The van der Waals surface area contributed by atoms with Gasteiger partial charge in [-0.25, -0.2) is 0 Å². The number of aromatic nitrogens is 1. The molecule has 0 aliphatic carbocycles. The number of hydrogen-bond acceptors (Lipinski definition) is 4. The molecule has 2 heterocycles. The largest absolute Gasteiger partial charge is 0.482 e. The predicted molar refractivity (Wildman–Crippen MR) is 94.7 cm³/mol. The van der Waals surface area contributed by atoms with E-state index in [9.17, 15) is 9.59 Å². The van der Waals surface area contributed by atoms with Gasteiger partial charge in [0.2, 0.25) is 5.91 Å². The molecule has 3 aromatic rings. The van der Waals surface area contributed by atoms with Crippen LogP contribution in [0.5, 0.6) is 5.75 Å². The molecule has 0 spiro atoms. The third-order valence-corrected chi connectivity index (χ3v) is 4.02. The standard InChI is InChI=1S/C19H15N3O3/c23-17(21-14-7-3-5-13-6-4-10-20-19(13)14)11-22-15-8-1-2-9-16(15)25-12-18(22)24/h1-10H,11-12H2,(H,21,23). The number of para-hydroxylation sites is 3. The van der Waals surface area contributed by atoms with Gasteiger partial charge >= 0.3 is 0 Å². The molecular weight excluding hydrogens is 318 g/mol. The maximum Gasteiger partial charge on any atom is 0.265 e. The van der Waals surface area contributed by atoms with Crippen LogP contribution >= 0.6 is 0 Å². The minimum Gasteiger partial charge on any atom is -0.482 e. The normalized spacial score (nSPS) is 13.3. The van der Waals surface area contributed by atoms with Crippen molar-refractivity contribution in [2.75, 3.05) is 23.4 Å². The maximum atomic E-state index is 12.5. The number of nitrogens with zero attached hydrogens (tertiary/aromatic N) is 2. The van der Waals surface area contributed by atoms with Gasteiger partial charge in [0.05, 0.1) is 16.9 Å². The van der Waals surface area contributed by atoms with Gasteiger partial charge in [-0.15, -0.1) is 0 Å². The molecule has 0 saturated heterocycles. The summed E-state index contributed by atoms with van der Waals surface area (Å²) in [5.74, 6) is 0.0647. The zero-order chi connectivity index (χ0) is 17.2. The van der Waals surface area contributed by atoms with E-state index in [0.717, 1.165) is 5.39 Å². The van der Waals surface area contributed by atoms with Gasteiger partial charge in [-0.2, -0.15) is 0 Å². The quantitative estimate of drug-likeness (QED) is 0.800. The summed E-state index contributed by atoms with van der Waals surface area (Å²) >= 11 is 0. The van der Waals surface area contributed by atoms with Crippen LogP contribution in [0.3, 0.4) is 0 Å². The van der Waals surface area contributed by atoms with Crippen LogP contribution in [0.1, 0.15) is 0 Å². The highest BCUT2D eigenvalue weighted by Gasteiger charge is 2.27. The molecule has 0 radical (unpaired) electrons. The predicted octanol–water partition coefficient (Wildman–Crippen LogP) is 2.60. The van der Waals surface area contributed by atoms with Gasteiger partial charge in [0, 0.05) is 11.6 Å². The van der Waals surface area contributed by atoms with Crippen LogP contribution in [0.15, 0.2) is 60.8 Å². The molecule has 0 bridgehead atoms. The van der Waals surface area contributed by atoms with Crippen molar-refractivity contribution in [3.63, 3.8) is 0 Å². The Labute approximate surface area is 144 Å². The third kappa shape index (κ3) is 2.89. The van der Waals surface area contributed by atoms with Crippen LogP contribution in [-0.4, -0.2) is 29.9 Å². The first-order valence-electron chi connectivity index (χ1n) is 7.88. The molecule has 4 rings (SSSR count). The number of carbonyl (C=O) groups excluding carboxylic acids is 2. The maximum absolute atomic E-state index is 12.5. The number of benzene rings is 2. The molecule has 1 aliphatic rings. The highest BCUT2D eigenvalue weighted by atomic mass is 16.5. The summed E-state index contributed by atoms with van der Waals surface area (Å²) in [4.78, 5) is 30.4. The van der Waals surface area contributed by atoms with E-state index in [4.69, 9.17) is 4.74 Å². The summed E-state index contributed by atoms with van der Waals surface area (Å²) < 4.78 is 5.39. The highest BCUT2D eigenvalue weighted by molar-refractivity contribution is 6.07. The average Bonchev–Trinajstić information content (AvgIpc) is 2.64. The average molecular weight is 333 g/mol. The molecule has 2 amide bonds. The van der Waals surface area contributed by atoms with E-state index in [0.29, 0.717) is 22.6 Å². The summed E-state index contributed by atoms with van der Waals surface area (Å²) in [6, 6.07) is 16.5. The molecule has 1 aliphatic heterocycles. The molecule has 124 valence electrons. The number of ether oxygens (including phenoxy) is 1. The SMILES string of the molecule is O=C(CN1C(=O)COc2ccccc21)Nc1cccc2cccnc12. The van der Waals surface area contributed by atoms with E-state index < -0.39 is 0 Å². The lowest BCUT2D eigenvalue weighted by atomic mass is 10.2. The number of fused-ring (bicyclic) bond motifs is 2. The Balaban J connectivity index is 1.57. The Kier molecular flexibility index (Phi) is 3.78. The van der Waals surface area contributed by atoms with Crippen LogP contribution < -0.4 is 15.0 Å². The first kappa shape index (κ1) is 15.1. The summed E-state index contributed by atoms with van der Waals surface area (Å²) in [6.45, 7) is -0.150. The van der Waals surface area contributed by atoms with Crippen LogP contribution in [0.2, 0.25) is 0 Å². The van der Waals surface area contributed by atoms with Gasteiger partial charge in [-0.05, 0) is 24.3 Å². The van der Waals surface area contributed by atoms with E-state index in [-0.39, 0.29) is 25.0 Å². The fourth-order valence-electron chi connectivity index (χ4n) is 2.87. The van der Waals surface area contributed by atoms with Crippen LogP contribution in [-0.2, 0) is 9.59 Å². The van der Waals surface area contributed by atoms with Crippen molar-refractivity contribution in [2.24, 2.45) is 0 Å². The second-order valence-corrected chi connectivity index (χ2v) is 5.67. The van der Waals surface area contributed by atoms with Gasteiger partial charge in [0.25, 0.3) is 5.91 Å². The molecule has 0 fully saturated rings. The first-order chi connectivity index (χ1) is 12.2. The van der Waals surface area contributed by atoms with Crippen molar-refractivity contribution in [2.45, 2.75) is 0 Å². The zero-order valence-electron chi connectivity index (χ0n) is 13.3. The fraction of sp³-hybridized carbons (Fsp3) is 0.105. The summed E-state index contributed by atoms with van der Waals surface area (Å²) in [7, 11) is 0. The zero-order valence-corrected chi connectivity index (χ0v) is 13.3. The minimum atomic E-state index is -0.289. The van der Waals surface area contributed by atoms with E-state index >= 15 is 0 Å². The van der Waals surface area contributed by atoms with Crippen molar-refractivity contribution in [1.29, 1.82) is 0 Å². The molecule has 0 saturated carbocycles. The van der Waals surface area contributed by atoms with Crippen molar-refractivity contribution >= 4 is 34.1 Å². The van der Waals surface area contributed by atoms with Crippen LogP contribution in [0.25, 0.3) is 10.9 Å². The highest BCUT2D eigenvalue weighted by Crippen LogP contribution is 2.31. The van der Waals surface area contributed by atoms with Gasteiger partial charge in [-0.3, -0.25) is 19.5 Å². The Morgan fingerprint density at radius 3 is 2.88 bits per heavy atom. The lowest BCUT2D eigenvalue weighted by molar-refractivity contribution is -0.123. The number of hydrogen-bond donors (Lipinski definition) is 1. The summed E-state index contributed by atoms with van der Waals surface area (Å²) in [5.41, 5.74) is 1.94. The third-order valence-electron chi connectivity index (χ3n) is 4.02. The second kappa shape index (κ2) is 6.24. The van der Waals surface area contributed by atoms with E-state index in [1.807, 2.05) is 30.3 Å². The van der Waals surface area contributed by atoms with Crippen molar-refractivity contribution < 1.29 is 14.3 Å².